The van der Waals surface area contributed by atoms with Crippen molar-refractivity contribution in [1.82, 2.24) is 45.0 Å². The quantitative estimate of drug-likeness (QED) is 0.0220. The number of nitrogens with two attached hydrogens (primary N) is 1. The van der Waals surface area contributed by atoms with Gasteiger partial charge in [-0.25, -0.2) is 44.3 Å². The van der Waals surface area contributed by atoms with Gasteiger partial charge in [0.05, 0.1) is 53.8 Å². The number of carbonyl (C=O) groups is 8. The minimum absolute atomic E-state index is 0. The summed E-state index contributed by atoms with van der Waals surface area (Å²) in [6.45, 7) is 27.4. The second-order valence-corrected chi connectivity index (χ2v) is 28.0. The van der Waals surface area contributed by atoms with Gasteiger partial charge in [-0.3, -0.25) is 34.6 Å². The molecule has 3 saturated heterocycles. The summed E-state index contributed by atoms with van der Waals surface area (Å²) >= 11 is 4.83. The molecule has 3 unspecified atom stereocenters. The zero-order chi connectivity index (χ0) is 73.4. The molecule has 100 heavy (non-hydrogen) atoms. The number of alkyl halides is 3. The maximum Gasteiger partial charge on any atom is 1.00 e. The standard InChI is InChI=1S/C22H29N5O4S.C17H21N5O2S.C15H18F3N3O5.C9H14N2S.C4H9.Li/c1-13-10-15(11-23-17(13)26-21(30)31-22(3,4)5)25-18(28)20(29)27-9-7-6-8-16(27)19-24-14(2)12-32-19;1-10-7-12(8-19-14(10)18)21-15(23)17(24)22-6-4-3-5-13(22)16-20-11(2)9-25-16;1-8-5-9(20-11(22)12(23)25-7-15(16,17)18)6-19-10(8)21-13(24)26-14(2,3)4;1-7-6-12-9(11-7)8-4-2-3-5-10-8;1-3-4-2;/h10-12,16H,6-9H2,1-5H3,(H,25,28)(H,23,26,30);7-9,13H,3-6H2,1-2H3,(H2,18,19)(H,21,23);5-6H,7H2,1-4H3,(H,20,22)(H,19,21,24);6,8,10H,2-5H2,1H3;1,3-4H2,2H3;/q;;;;-1;+1. The van der Waals surface area contributed by atoms with E-state index in [2.05, 4.69) is 92.7 Å². The third-order valence-corrected chi connectivity index (χ3v) is 17.4. The van der Waals surface area contributed by atoms with E-state index in [0.29, 0.717) is 53.3 Å². The summed E-state index contributed by atoms with van der Waals surface area (Å²) in [4.78, 5) is 126. The number of likely N-dealkylation sites (tertiary alicyclic amines) is 2. The number of piperidine rings is 3. The molecular formula is C67H91F3LiN15O11S3. The number of rotatable bonds is 10. The van der Waals surface area contributed by atoms with Crippen LogP contribution in [0, 0.1) is 48.5 Å². The molecule has 3 fully saturated rings. The molecule has 9 rings (SSSR count). The van der Waals surface area contributed by atoms with Gasteiger partial charge in [0.25, 0.3) is 0 Å². The Labute approximate surface area is 605 Å². The molecule has 0 bridgehead atoms. The van der Waals surface area contributed by atoms with E-state index in [-0.39, 0.29) is 42.4 Å². The van der Waals surface area contributed by atoms with Crippen molar-refractivity contribution < 1.29 is 84.6 Å². The van der Waals surface area contributed by atoms with E-state index in [4.69, 9.17) is 15.2 Å². The Kier molecular flexibility index (Phi) is 33.5. The number of aryl methyl sites for hydroxylation is 6. The van der Waals surface area contributed by atoms with Crippen molar-refractivity contribution in [2.75, 3.05) is 58.6 Å². The molecular weight excluding hydrogens is 1350 g/mol. The number of pyridine rings is 3. The van der Waals surface area contributed by atoms with Crippen LogP contribution in [0.4, 0.5) is 57.3 Å². The normalized spacial score (nSPS) is 15.8. The first-order valence-electron chi connectivity index (χ1n) is 32.3. The molecule has 540 valence electrons. The van der Waals surface area contributed by atoms with E-state index in [1.165, 1.54) is 71.8 Å². The number of halogens is 3. The minimum Gasteiger partial charge on any atom is -0.449 e. The van der Waals surface area contributed by atoms with Crippen molar-refractivity contribution in [2.24, 2.45) is 0 Å². The number of nitrogen functional groups attached to an aromatic ring is 1. The number of esters is 1. The van der Waals surface area contributed by atoms with Crippen molar-refractivity contribution in [3.63, 3.8) is 0 Å². The van der Waals surface area contributed by atoms with Crippen LogP contribution in [-0.2, 0) is 43.0 Å². The molecule has 33 heteroatoms. The summed E-state index contributed by atoms with van der Waals surface area (Å²) in [6.07, 6.45) is 9.43. The van der Waals surface area contributed by atoms with Crippen LogP contribution in [0.3, 0.4) is 0 Å². The number of hydrogen-bond acceptors (Lipinski definition) is 22. The summed E-state index contributed by atoms with van der Waals surface area (Å²) in [5.74, 6) is -4.71. The largest absolute Gasteiger partial charge is 1.00 e. The number of nitrogens with one attached hydrogen (secondary N) is 6. The second kappa shape index (κ2) is 39.7. The fourth-order valence-electron chi connectivity index (χ4n) is 9.54. The zero-order valence-corrected chi connectivity index (χ0v) is 61.7. The van der Waals surface area contributed by atoms with Crippen LogP contribution in [0.5, 0.6) is 0 Å². The maximum atomic E-state index is 12.9. The van der Waals surface area contributed by atoms with Gasteiger partial charge in [0.2, 0.25) is 0 Å². The maximum absolute atomic E-state index is 12.9. The molecule has 0 spiro atoms. The van der Waals surface area contributed by atoms with Crippen LogP contribution < -0.4 is 56.5 Å². The molecule has 3 atom stereocenters. The third kappa shape index (κ3) is 28.8. The first-order valence-corrected chi connectivity index (χ1v) is 34.9. The molecule has 9 heterocycles. The summed E-state index contributed by atoms with van der Waals surface area (Å²) in [5.41, 5.74) is 9.99. The predicted molar refractivity (Wildman–Crippen MR) is 376 cm³/mol. The van der Waals surface area contributed by atoms with E-state index in [9.17, 15) is 51.5 Å². The molecule has 8 N–H and O–H groups in total. The first kappa shape index (κ1) is 84.3. The topological polar surface area (TPSA) is 346 Å². The van der Waals surface area contributed by atoms with Gasteiger partial charge in [0.15, 0.2) is 6.61 Å². The first-order chi connectivity index (χ1) is 46.5. The fourth-order valence-corrected chi connectivity index (χ4v) is 12.3. The SMILES string of the molecule is Cc1cc(NC(=O)C(=O)OCC(F)(F)F)cnc1NC(=O)OC(C)(C)C.Cc1csc(C2CCCCN2)n1.Cc1csc(C2CCCCN2C(=O)C(=O)Nc2cnc(N)c(C)c2)n1.Cc1csc(C2CCCCN2C(=O)C(=O)Nc2cnc(NC(=O)OC(C)(C)C)c(C)c2)n1.[CH2-]CCC.[Li+]. The van der Waals surface area contributed by atoms with Crippen LogP contribution in [0.15, 0.2) is 52.9 Å². The number of thiazole rings is 3. The van der Waals surface area contributed by atoms with Gasteiger partial charge < -0.3 is 57.9 Å². The van der Waals surface area contributed by atoms with Gasteiger partial charge in [0.1, 0.15) is 43.7 Å². The number of amides is 7. The van der Waals surface area contributed by atoms with Gasteiger partial charge in [0, 0.05) is 46.3 Å². The Morgan fingerprint density at radius 1 is 0.580 bits per heavy atom. The molecule has 6 aromatic rings. The summed E-state index contributed by atoms with van der Waals surface area (Å²) in [6, 6.07) is 4.93. The monoisotopic (exact) mass is 1440 g/mol. The van der Waals surface area contributed by atoms with Crippen molar-refractivity contribution >= 4 is 116 Å². The minimum atomic E-state index is -4.73. The molecule has 3 aliphatic rings. The Hall–Kier alpha value is -8.15. The number of hydrogen-bond donors (Lipinski definition) is 7. The van der Waals surface area contributed by atoms with E-state index < -0.39 is 71.7 Å². The van der Waals surface area contributed by atoms with Gasteiger partial charge in [-0.15, -0.1) is 34.0 Å². The average Bonchev–Trinajstić information content (AvgIpc) is 1.51. The summed E-state index contributed by atoms with van der Waals surface area (Å²) < 4.78 is 50.0. The predicted octanol–water partition coefficient (Wildman–Crippen LogP) is 10.3. The van der Waals surface area contributed by atoms with Crippen LogP contribution in [0.2, 0.25) is 0 Å². The fraction of sp³-hybridized carbons (Fsp3) is 0.507. The average molecular weight is 1440 g/mol. The van der Waals surface area contributed by atoms with Crippen LogP contribution in [0.1, 0.15) is 186 Å². The molecule has 26 nitrogen and oxygen atoms in total. The van der Waals surface area contributed by atoms with Crippen LogP contribution in [0.25, 0.3) is 0 Å². The van der Waals surface area contributed by atoms with E-state index in [0.717, 1.165) is 90.3 Å². The summed E-state index contributed by atoms with van der Waals surface area (Å²) in [7, 11) is 0. The number of ether oxygens (including phenoxy) is 3. The molecule has 0 aromatic carbocycles. The second-order valence-electron chi connectivity index (χ2n) is 25.4. The Morgan fingerprint density at radius 3 is 1.32 bits per heavy atom. The smallest absolute Gasteiger partial charge is 0.449 e. The van der Waals surface area contributed by atoms with Crippen molar-refractivity contribution in [1.29, 1.82) is 0 Å². The van der Waals surface area contributed by atoms with Gasteiger partial charge in [-0.05, 0) is 176 Å². The van der Waals surface area contributed by atoms with E-state index >= 15 is 0 Å². The number of carbonyl (C=O) groups excluding carboxylic acids is 8. The Morgan fingerprint density at radius 2 is 0.970 bits per heavy atom. The van der Waals surface area contributed by atoms with Crippen molar-refractivity contribution in [2.45, 2.75) is 196 Å². The molecule has 3 aliphatic heterocycles. The van der Waals surface area contributed by atoms with Crippen molar-refractivity contribution in [3.8, 4) is 0 Å². The number of anilines is 6. The van der Waals surface area contributed by atoms with Crippen LogP contribution >= 0.6 is 34.0 Å². The zero-order valence-electron chi connectivity index (χ0n) is 59.2. The number of nitrogens with zero attached hydrogens (tertiary/aromatic N) is 8. The summed E-state index contributed by atoms with van der Waals surface area (Å²) in [5, 5.41) is 24.8. The Bertz CT molecular complexity index is 3720. The molecule has 0 radical (unpaired) electrons. The Balaban J connectivity index is 0.000000286. The van der Waals surface area contributed by atoms with E-state index in [1.807, 2.05) is 24.6 Å². The molecule has 0 aliphatic carbocycles. The van der Waals surface area contributed by atoms with Gasteiger partial charge in [-0.2, -0.15) is 19.6 Å². The van der Waals surface area contributed by atoms with E-state index in [1.54, 1.807) is 95.6 Å². The molecule has 7 amide bonds. The molecule has 6 aromatic heterocycles. The number of unbranched alkanes of at least 4 members (excludes halogenated alkanes) is 1. The van der Waals surface area contributed by atoms with Crippen molar-refractivity contribution in [3.05, 3.63) is 109 Å². The van der Waals surface area contributed by atoms with Gasteiger partial charge >= 0.3 is 72.7 Å². The number of aromatic nitrogens is 6. The van der Waals surface area contributed by atoms with Crippen LogP contribution in [-0.4, -0.2) is 131 Å². The molecule has 0 saturated carbocycles. The van der Waals surface area contributed by atoms with Gasteiger partial charge in [-0.1, -0.05) is 19.8 Å². The third-order valence-electron chi connectivity index (χ3n) is 14.2.